The Morgan fingerprint density at radius 3 is 1.92 bits per heavy atom. The van der Waals surface area contributed by atoms with Gasteiger partial charge in [-0.3, -0.25) is 0 Å². The van der Waals surface area contributed by atoms with Gasteiger partial charge in [-0.15, -0.1) is 11.6 Å². The summed E-state index contributed by atoms with van der Waals surface area (Å²) >= 11 is 13.9. The molecule has 26 heavy (non-hydrogen) atoms. The van der Waals surface area contributed by atoms with E-state index in [-0.39, 0.29) is 0 Å². The summed E-state index contributed by atoms with van der Waals surface area (Å²) in [6.07, 6.45) is 5.29. The van der Waals surface area contributed by atoms with Crippen LogP contribution < -0.4 is 0 Å². The maximum Gasteiger partial charge on any atom is 0.121 e. The van der Waals surface area contributed by atoms with Crippen LogP contribution in [0.3, 0.4) is 0 Å². The summed E-state index contributed by atoms with van der Waals surface area (Å²) in [5.74, 6) is 0.700. The van der Waals surface area contributed by atoms with Crippen molar-refractivity contribution in [3.8, 4) is 0 Å². The smallest absolute Gasteiger partial charge is 0.103 e. The molecule has 0 heterocycles. The highest BCUT2D eigenvalue weighted by Gasteiger charge is 2.35. The van der Waals surface area contributed by atoms with Crippen LogP contribution in [0.4, 0.5) is 0 Å². The van der Waals surface area contributed by atoms with Crippen molar-refractivity contribution in [1.29, 1.82) is 0 Å². The van der Waals surface area contributed by atoms with Crippen molar-refractivity contribution in [2.45, 2.75) is 36.5 Å². The zero-order chi connectivity index (χ0) is 18.0. The molecule has 0 spiro atoms. The summed E-state index contributed by atoms with van der Waals surface area (Å²) in [6.45, 7) is 0. The first kappa shape index (κ1) is 17.6. The van der Waals surface area contributed by atoms with E-state index in [1.165, 1.54) is 31.2 Å². The highest BCUT2D eigenvalue weighted by molar-refractivity contribution is 6.34. The third-order valence-electron chi connectivity index (χ3n) is 5.55. The van der Waals surface area contributed by atoms with Gasteiger partial charge in [-0.2, -0.15) is 0 Å². The van der Waals surface area contributed by atoms with Gasteiger partial charge in [0.1, 0.15) is 4.87 Å². The van der Waals surface area contributed by atoms with Crippen molar-refractivity contribution in [2.24, 2.45) is 0 Å². The Morgan fingerprint density at radius 1 is 0.692 bits per heavy atom. The van der Waals surface area contributed by atoms with E-state index >= 15 is 0 Å². The molecule has 0 radical (unpaired) electrons. The van der Waals surface area contributed by atoms with Crippen LogP contribution in [0.5, 0.6) is 0 Å². The van der Waals surface area contributed by atoms with Crippen LogP contribution in [0, 0.1) is 0 Å². The molecule has 0 N–H and O–H groups in total. The lowest BCUT2D eigenvalue weighted by atomic mass is 9.83. The van der Waals surface area contributed by atoms with Gasteiger partial charge in [-0.1, -0.05) is 97.2 Å². The van der Waals surface area contributed by atoms with Gasteiger partial charge in [-0.05, 0) is 41.5 Å². The molecule has 2 heteroatoms. The van der Waals surface area contributed by atoms with Crippen LogP contribution in [0.15, 0.2) is 78.9 Å². The first-order valence-electron chi connectivity index (χ1n) is 9.29. The largest absolute Gasteiger partial charge is 0.121 e. The maximum absolute atomic E-state index is 7.35. The molecule has 0 nitrogen and oxygen atoms in total. The molecule has 1 aliphatic rings. The van der Waals surface area contributed by atoms with Crippen LogP contribution in [0.25, 0.3) is 0 Å². The predicted molar refractivity (Wildman–Crippen MR) is 111 cm³/mol. The lowest BCUT2D eigenvalue weighted by Gasteiger charge is -2.30. The van der Waals surface area contributed by atoms with Crippen LogP contribution in [0.1, 0.15) is 53.9 Å². The number of hydrogen-bond donors (Lipinski definition) is 0. The van der Waals surface area contributed by atoms with Crippen LogP contribution in [-0.4, -0.2) is 0 Å². The van der Waals surface area contributed by atoms with E-state index in [0.717, 1.165) is 16.7 Å². The third kappa shape index (κ3) is 3.17. The van der Waals surface area contributed by atoms with Crippen molar-refractivity contribution in [2.75, 3.05) is 0 Å². The molecule has 3 aromatic carbocycles. The van der Waals surface area contributed by atoms with E-state index in [1.54, 1.807) is 0 Å². The summed E-state index contributed by atoms with van der Waals surface area (Å²) in [6, 6.07) is 26.9. The molecule has 0 bridgehead atoms. The average molecular weight is 381 g/mol. The summed E-state index contributed by atoms with van der Waals surface area (Å²) in [4.78, 5) is -0.798. The molecular formula is C24H22Cl2. The number of halogens is 2. The first-order valence-corrected chi connectivity index (χ1v) is 10.0. The second-order valence-corrected chi connectivity index (χ2v) is 8.08. The molecule has 132 valence electrons. The second-order valence-electron chi connectivity index (χ2n) is 7.11. The van der Waals surface area contributed by atoms with E-state index in [2.05, 4.69) is 36.4 Å². The van der Waals surface area contributed by atoms with Gasteiger partial charge in [0.25, 0.3) is 0 Å². The fraction of sp³-hybridized carbons (Fsp3) is 0.250. The summed E-state index contributed by atoms with van der Waals surface area (Å²) < 4.78 is 0. The Morgan fingerprint density at radius 2 is 1.27 bits per heavy atom. The summed E-state index contributed by atoms with van der Waals surface area (Å²) in [7, 11) is 0. The lowest BCUT2D eigenvalue weighted by molar-refractivity contribution is 0.722. The molecular weight excluding hydrogens is 359 g/mol. The first-order chi connectivity index (χ1) is 12.7. The maximum atomic E-state index is 7.35. The van der Waals surface area contributed by atoms with Gasteiger partial charge in [0.05, 0.1) is 0 Å². The average Bonchev–Trinajstić information content (AvgIpc) is 3.23. The zero-order valence-corrected chi connectivity index (χ0v) is 16.2. The van der Waals surface area contributed by atoms with Crippen molar-refractivity contribution in [3.63, 3.8) is 0 Å². The van der Waals surface area contributed by atoms with Gasteiger partial charge in [-0.25, -0.2) is 0 Å². The predicted octanol–water partition coefficient (Wildman–Crippen LogP) is 7.53. The Balaban J connectivity index is 1.82. The molecule has 0 amide bonds. The quantitative estimate of drug-likeness (QED) is 0.324. The molecule has 0 saturated heterocycles. The Bertz CT molecular complexity index is 864. The third-order valence-corrected chi connectivity index (χ3v) is 6.52. The molecule has 4 rings (SSSR count). The molecule has 3 aromatic rings. The molecule has 1 saturated carbocycles. The molecule has 0 aromatic heterocycles. The van der Waals surface area contributed by atoms with Crippen LogP contribution >= 0.6 is 23.2 Å². The van der Waals surface area contributed by atoms with Gasteiger partial charge in [0.2, 0.25) is 0 Å². The molecule has 1 aliphatic carbocycles. The van der Waals surface area contributed by atoms with Gasteiger partial charge >= 0.3 is 0 Å². The Hall–Kier alpha value is -1.76. The standard InChI is InChI=1S/C24H22Cl2/c25-23-13-7-6-12-22(23)24(26,20-10-2-1-3-11-20)21-16-14-19(15-17-21)18-8-4-5-9-18/h1-3,6-7,10-18H,4-5,8-9H2. The minimum atomic E-state index is -0.798. The SMILES string of the molecule is Clc1ccccc1C(Cl)(c1ccccc1)c1ccc(C2CCCC2)cc1. The number of hydrogen-bond acceptors (Lipinski definition) is 0. The molecule has 0 aliphatic heterocycles. The highest BCUT2D eigenvalue weighted by Crippen LogP contribution is 2.46. The second kappa shape index (κ2) is 7.47. The molecule has 1 atom stereocenters. The van der Waals surface area contributed by atoms with E-state index in [0.29, 0.717) is 10.9 Å². The Labute approximate surface area is 165 Å². The summed E-state index contributed by atoms with van der Waals surface area (Å²) in [5.41, 5.74) is 4.43. The zero-order valence-electron chi connectivity index (χ0n) is 14.7. The molecule has 1 unspecified atom stereocenters. The number of benzene rings is 3. The number of rotatable bonds is 4. The van der Waals surface area contributed by atoms with Gasteiger partial charge in [0.15, 0.2) is 0 Å². The van der Waals surface area contributed by atoms with E-state index in [4.69, 9.17) is 23.2 Å². The fourth-order valence-corrected chi connectivity index (χ4v) is 4.87. The minimum Gasteiger partial charge on any atom is -0.103 e. The van der Waals surface area contributed by atoms with Gasteiger partial charge in [0, 0.05) is 10.6 Å². The van der Waals surface area contributed by atoms with Crippen molar-refractivity contribution in [3.05, 3.63) is 106 Å². The minimum absolute atomic E-state index is 0.686. The van der Waals surface area contributed by atoms with E-state index in [1.807, 2.05) is 42.5 Å². The highest BCUT2D eigenvalue weighted by atomic mass is 35.5. The molecule has 1 fully saturated rings. The fourth-order valence-electron chi connectivity index (χ4n) is 4.13. The monoisotopic (exact) mass is 380 g/mol. The van der Waals surface area contributed by atoms with Crippen molar-refractivity contribution < 1.29 is 0 Å². The van der Waals surface area contributed by atoms with E-state index in [9.17, 15) is 0 Å². The lowest BCUT2D eigenvalue weighted by Crippen LogP contribution is -2.22. The normalized spacial score (nSPS) is 17.2. The van der Waals surface area contributed by atoms with Crippen LogP contribution in [0.2, 0.25) is 5.02 Å². The Kier molecular flexibility index (Phi) is 5.07. The number of alkyl halides is 1. The van der Waals surface area contributed by atoms with Crippen molar-refractivity contribution in [1.82, 2.24) is 0 Å². The summed E-state index contributed by atoms with van der Waals surface area (Å²) in [5, 5.41) is 0.686. The topological polar surface area (TPSA) is 0 Å². The van der Waals surface area contributed by atoms with Crippen molar-refractivity contribution >= 4 is 23.2 Å². The van der Waals surface area contributed by atoms with E-state index < -0.39 is 4.87 Å². The van der Waals surface area contributed by atoms with Gasteiger partial charge < -0.3 is 0 Å². The van der Waals surface area contributed by atoms with Crippen LogP contribution in [-0.2, 0) is 4.87 Å².